The normalized spacial score (nSPS) is 14.6. The Hall–Kier alpha value is -2.47. The van der Waals surface area contributed by atoms with E-state index in [-0.39, 0.29) is 11.8 Å². The summed E-state index contributed by atoms with van der Waals surface area (Å²) in [6, 6.07) is 11.4. The standard InChI is InChI=1S/C17H17N3O2S/c1-12-5-2-3-7-15(12)20-16(21)9-8-14(19-20)17(22)18-11-13-6-4-10-23-13/h2-7,10H,8-9,11H2,1H3,(H,18,22). The summed E-state index contributed by atoms with van der Waals surface area (Å²) in [7, 11) is 0. The van der Waals surface area contributed by atoms with Crippen molar-refractivity contribution in [3.8, 4) is 0 Å². The predicted molar refractivity (Wildman–Crippen MR) is 91.5 cm³/mol. The molecular formula is C17H17N3O2S. The first-order valence-electron chi connectivity index (χ1n) is 7.42. The van der Waals surface area contributed by atoms with Crippen molar-refractivity contribution in [3.05, 3.63) is 52.2 Å². The van der Waals surface area contributed by atoms with Crippen molar-refractivity contribution in [2.75, 3.05) is 5.01 Å². The molecule has 0 saturated heterocycles. The van der Waals surface area contributed by atoms with Gasteiger partial charge in [-0.05, 0) is 30.0 Å². The monoisotopic (exact) mass is 327 g/mol. The molecule has 0 fully saturated rings. The van der Waals surface area contributed by atoms with Crippen LogP contribution in [0.1, 0.15) is 23.3 Å². The Bertz CT molecular complexity index is 753. The van der Waals surface area contributed by atoms with E-state index in [1.807, 2.05) is 48.7 Å². The molecule has 3 rings (SSSR count). The third-order valence-electron chi connectivity index (χ3n) is 3.64. The Morgan fingerprint density at radius 3 is 2.83 bits per heavy atom. The minimum absolute atomic E-state index is 0.0888. The Labute approximate surface area is 138 Å². The lowest BCUT2D eigenvalue weighted by Gasteiger charge is -2.24. The largest absolute Gasteiger partial charge is 0.346 e. The van der Waals surface area contributed by atoms with Gasteiger partial charge in [0.05, 0.1) is 12.2 Å². The average Bonchev–Trinajstić information content (AvgIpc) is 3.07. The van der Waals surface area contributed by atoms with Crippen LogP contribution in [0.15, 0.2) is 46.9 Å². The average molecular weight is 327 g/mol. The van der Waals surface area contributed by atoms with Crippen LogP contribution in [0.3, 0.4) is 0 Å². The summed E-state index contributed by atoms with van der Waals surface area (Å²) in [4.78, 5) is 25.5. The van der Waals surface area contributed by atoms with Crippen LogP contribution in [0.5, 0.6) is 0 Å². The lowest BCUT2D eigenvalue weighted by molar-refractivity contribution is -0.119. The molecular weight excluding hydrogens is 310 g/mol. The summed E-state index contributed by atoms with van der Waals surface area (Å²) in [5.41, 5.74) is 2.06. The smallest absolute Gasteiger partial charge is 0.267 e. The molecule has 0 spiro atoms. The van der Waals surface area contributed by atoms with Gasteiger partial charge in [0.2, 0.25) is 5.91 Å². The first-order valence-corrected chi connectivity index (χ1v) is 8.30. The van der Waals surface area contributed by atoms with Crippen molar-refractivity contribution in [1.82, 2.24) is 5.32 Å². The minimum atomic E-state index is -0.218. The Morgan fingerprint density at radius 2 is 2.09 bits per heavy atom. The highest BCUT2D eigenvalue weighted by Crippen LogP contribution is 2.23. The summed E-state index contributed by atoms with van der Waals surface area (Å²) in [5, 5.41) is 10.5. The number of carbonyl (C=O) groups excluding carboxylic acids is 2. The first-order chi connectivity index (χ1) is 11.1. The molecule has 2 heterocycles. The second-order valence-corrected chi connectivity index (χ2v) is 6.33. The minimum Gasteiger partial charge on any atom is -0.346 e. The number of amides is 2. The van der Waals surface area contributed by atoms with E-state index in [4.69, 9.17) is 0 Å². The fraction of sp³-hybridized carbons (Fsp3) is 0.235. The zero-order valence-corrected chi connectivity index (χ0v) is 13.6. The molecule has 1 aromatic carbocycles. The van der Waals surface area contributed by atoms with Crippen molar-refractivity contribution < 1.29 is 9.59 Å². The third kappa shape index (κ3) is 3.48. The second-order valence-electron chi connectivity index (χ2n) is 5.30. The zero-order chi connectivity index (χ0) is 16.2. The van der Waals surface area contributed by atoms with E-state index in [1.54, 1.807) is 11.3 Å². The van der Waals surface area contributed by atoms with E-state index in [9.17, 15) is 9.59 Å². The lowest BCUT2D eigenvalue weighted by Crippen LogP contribution is -2.39. The van der Waals surface area contributed by atoms with Crippen LogP contribution in [0, 0.1) is 6.92 Å². The molecule has 0 bridgehead atoms. The van der Waals surface area contributed by atoms with E-state index < -0.39 is 0 Å². The summed E-state index contributed by atoms with van der Waals surface area (Å²) < 4.78 is 0. The number of nitrogens with one attached hydrogen (secondary N) is 1. The fourth-order valence-corrected chi connectivity index (χ4v) is 3.03. The number of hydrogen-bond donors (Lipinski definition) is 1. The maximum absolute atomic E-state index is 12.3. The van der Waals surface area contributed by atoms with E-state index in [0.29, 0.717) is 25.1 Å². The van der Waals surface area contributed by atoms with Gasteiger partial charge >= 0.3 is 0 Å². The van der Waals surface area contributed by atoms with Gasteiger partial charge in [-0.3, -0.25) is 9.59 Å². The molecule has 5 nitrogen and oxygen atoms in total. The highest BCUT2D eigenvalue weighted by Gasteiger charge is 2.26. The van der Waals surface area contributed by atoms with Crippen molar-refractivity contribution >= 4 is 34.6 Å². The number of nitrogens with zero attached hydrogens (tertiary/aromatic N) is 2. The van der Waals surface area contributed by atoms with Crippen LogP contribution >= 0.6 is 11.3 Å². The lowest BCUT2D eigenvalue weighted by atomic mass is 10.1. The van der Waals surface area contributed by atoms with Crippen LogP contribution in [0.25, 0.3) is 0 Å². The Balaban J connectivity index is 1.76. The molecule has 0 unspecified atom stereocenters. The van der Waals surface area contributed by atoms with E-state index in [0.717, 1.165) is 16.1 Å². The molecule has 1 aliphatic rings. The predicted octanol–water partition coefficient (Wildman–Crippen LogP) is 2.86. The molecule has 1 aliphatic heterocycles. The SMILES string of the molecule is Cc1ccccc1N1N=C(C(=O)NCc2cccs2)CCC1=O. The molecule has 0 atom stereocenters. The molecule has 23 heavy (non-hydrogen) atoms. The van der Waals surface area contributed by atoms with Crippen LogP contribution in [0.2, 0.25) is 0 Å². The second kappa shape index (κ2) is 6.75. The van der Waals surface area contributed by atoms with Crippen LogP contribution in [0.4, 0.5) is 5.69 Å². The van der Waals surface area contributed by atoms with Gasteiger partial charge in [-0.25, -0.2) is 5.01 Å². The Kier molecular flexibility index (Phi) is 4.52. The quantitative estimate of drug-likeness (QED) is 0.938. The third-order valence-corrected chi connectivity index (χ3v) is 4.52. The highest BCUT2D eigenvalue weighted by atomic mass is 32.1. The van der Waals surface area contributed by atoms with Crippen LogP contribution in [-0.2, 0) is 16.1 Å². The summed E-state index contributed by atoms with van der Waals surface area (Å²) in [6.07, 6.45) is 0.664. The maximum Gasteiger partial charge on any atom is 0.267 e. The van der Waals surface area contributed by atoms with Gasteiger partial charge in [0.15, 0.2) is 0 Å². The molecule has 118 valence electrons. The van der Waals surface area contributed by atoms with Gasteiger partial charge in [0.25, 0.3) is 5.91 Å². The van der Waals surface area contributed by atoms with Crippen molar-refractivity contribution in [3.63, 3.8) is 0 Å². The van der Waals surface area contributed by atoms with Gasteiger partial charge in [-0.15, -0.1) is 11.3 Å². The van der Waals surface area contributed by atoms with Gasteiger partial charge in [-0.1, -0.05) is 24.3 Å². The van der Waals surface area contributed by atoms with E-state index >= 15 is 0 Å². The number of aryl methyl sites for hydroxylation is 1. The molecule has 0 aliphatic carbocycles. The number of benzene rings is 1. The number of rotatable bonds is 4. The van der Waals surface area contributed by atoms with Gasteiger partial charge in [0.1, 0.15) is 5.71 Å². The van der Waals surface area contributed by atoms with Crippen molar-refractivity contribution in [2.45, 2.75) is 26.3 Å². The fourth-order valence-electron chi connectivity index (χ4n) is 2.39. The number of para-hydroxylation sites is 1. The van der Waals surface area contributed by atoms with Crippen LogP contribution < -0.4 is 10.3 Å². The molecule has 1 N–H and O–H groups in total. The highest BCUT2D eigenvalue weighted by molar-refractivity contribution is 7.09. The van der Waals surface area contributed by atoms with E-state index in [2.05, 4.69) is 10.4 Å². The number of thiophene rings is 1. The van der Waals surface area contributed by atoms with Crippen molar-refractivity contribution in [2.24, 2.45) is 5.10 Å². The first kappa shape index (κ1) is 15.4. The van der Waals surface area contributed by atoms with Crippen LogP contribution in [-0.4, -0.2) is 17.5 Å². The van der Waals surface area contributed by atoms with Gasteiger partial charge in [0, 0.05) is 17.7 Å². The summed E-state index contributed by atoms with van der Waals surface area (Å²) in [5.74, 6) is -0.307. The Morgan fingerprint density at radius 1 is 1.26 bits per heavy atom. The summed E-state index contributed by atoms with van der Waals surface area (Å²) in [6.45, 7) is 2.40. The molecule has 1 aromatic heterocycles. The molecule has 6 heteroatoms. The maximum atomic E-state index is 12.3. The molecule has 2 amide bonds. The van der Waals surface area contributed by atoms with E-state index in [1.165, 1.54) is 5.01 Å². The zero-order valence-electron chi connectivity index (χ0n) is 12.8. The summed E-state index contributed by atoms with van der Waals surface area (Å²) >= 11 is 1.59. The van der Waals surface area contributed by atoms with Crippen molar-refractivity contribution in [1.29, 1.82) is 0 Å². The van der Waals surface area contributed by atoms with Gasteiger partial charge < -0.3 is 5.32 Å². The molecule has 2 aromatic rings. The van der Waals surface area contributed by atoms with Gasteiger partial charge in [-0.2, -0.15) is 5.10 Å². The number of carbonyl (C=O) groups is 2. The molecule has 0 saturated carbocycles. The number of anilines is 1. The number of hydrogen-bond acceptors (Lipinski definition) is 4. The number of hydrazone groups is 1. The molecule has 0 radical (unpaired) electrons. The topological polar surface area (TPSA) is 61.8 Å².